The monoisotopic (exact) mass is 430 g/mol. The number of benzene rings is 1. The molecule has 2 N–H and O–H groups in total. The second kappa shape index (κ2) is 9.46. The molecule has 24 heavy (non-hydrogen) atoms. The van der Waals surface area contributed by atoms with Gasteiger partial charge in [0.2, 0.25) is 11.9 Å². The van der Waals surface area contributed by atoms with E-state index in [9.17, 15) is 4.79 Å². The van der Waals surface area contributed by atoms with Crippen LogP contribution in [0.15, 0.2) is 41.1 Å². The Balaban J connectivity index is 0.00000208. The number of rotatable bonds is 5. The molecule has 130 valence electrons. The van der Waals surface area contributed by atoms with Gasteiger partial charge in [-0.1, -0.05) is 28.1 Å². The van der Waals surface area contributed by atoms with Gasteiger partial charge < -0.3 is 9.88 Å². The summed E-state index contributed by atoms with van der Waals surface area (Å²) in [5, 5.41) is 6.30. The normalized spacial score (nSPS) is 17.1. The quantitative estimate of drug-likeness (QED) is 0.763. The third-order valence-corrected chi connectivity index (χ3v) is 5.32. The van der Waals surface area contributed by atoms with E-state index in [1.165, 1.54) is 0 Å². The van der Waals surface area contributed by atoms with Gasteiger partial charge in [-0.3, -0.25) is 10.1 Å². The Morgan fingerprint density at radius 2 is 2.21 bits per heavy atom. The molecule has 1 aromatic carbocycles. The molecule has 5 nitrogen and oxygen atoms in total. The molecule has 1 aliphatic rings. The van der Waals surface area contributed by atoms with Crippen molar-refractivity contribution in [1.29, 1.82) is 0 Å². The average molecular weight is 432 g/mol. The molecule has 1 saturated heterocycles. The number of hydrogen-bond donors (Lipinski definition) is 2. The third kappa shape index (κ3) is 5.51. The van der Waals surface area contributed by atoms with Crippen molar-refractivity contribution in [2.24, 2.45) is 0 Å². The Hall–Kier alpha value is -1.02. The zero-order valence-electron chi connectivity index (χ0n) is 13.1. The minimum atomic E-state index is 0. The fraction of sp³-hybridized carbons (Fsp3) is 0.375. The van der Waals surface area contributed by atoms with Crippen LogP contribution in [-0.4, -0.2) is 39.6 Å². The van der Waals surface area contributed by atoms with Gasteiger partial charge in [0.05, 0.1) is 6.54 Å². The highest BCUT2D eigenvalue weighted by Gasteiger charge is 2.17. The van der Waals surface area contributed by atoms with E-state index in [1.807, 2.05) is 34.7 Å². The Morgan fingerprint density at radius 3 is 2.92 bits per heavy atom. The first kappa shape index (κ1) is 19.3. The molecule has 0 aliphatic carbocycles. The van der Waals surface area contributed by atoms with Gasteiger partial charge in [0.15, 0.2) is 0 Å². The standard InChI is InChI=1S/C16H19BrN4OS.ClH/c17-13-3-1-12(2-4-13)10-21-7-5-19-16(21)20-15(22)9-14-11-23-8-6-18-14;/h1-5,7,14,18H,6,8-11H2,(H,19,20,22);1H. The smallest absolute Gasteiger partial charge is 0.228 e. The lowest BCUT2D eigenvalue weighted by Gasteiger charge is -2.22. The van der Waals surface area contributed by atoms with Crippen LogP contribution in [0.1, 0.15) is 12.0 Å². The minimum absolute atomic E-state index is 0. The molecule has 1 aromatic heterocycles. The number of nitrogens with zero attached hydrogens (tertiary/aromatic N) is 2. The van der Waals surface area contributed by atoms with Gasteiger partial charge in [0.25, 0.3) is 0 Å². The van der Waals surface area contributed by atoms with Crippen molar-refractivity contribution in [1.82, 2.24) is 14.9 Å². The number of amides is 1. The molecule has 2 heterocycles. The SMILES string of the molecule is Cl.O=C(CC1CSCCN1)Nc1nccn1Cc1ccc(Br)cc1. The van der Waals surface area contributed by atoms with E-state index < -0.39 is 0 Å². The van der Waals surface area contributed by atoms with Crippen LogP contribution in [0, 0.1) is 0 Å². The van der Waals surface area contributed by atoms with Crippen LogP contribution >= 0.6 is 40.1 Å². The van der Waals surface area contributed by atoms with Crippen LogP contribution < -0.4 is 10.6 Å². The zero-order chi connectivity index (χ0) is 16.1. The highest BCUT2D eigenvalue weighted by molar-refractivity contribution is 9.10. The fourth-order valence-corrected chi connectivity index (χ4v) is 3.71. The summed E-state index contributed by atoms with van der Waals surface area (Å²) in [6, 6.07) is 8.38. The molecule has 0 radical (unpaired) electrons. The lowest BCUT2D eigenvalue weighted by molar-refractivity contribution is -0.116. The number of thioether (sulfide) groups is 1. The first-order valence-corrected chi connectivity index (χ1v) is 9.52. The second-order valence-corrected chi connectivity index (χ2v) is 7.55. The second-order valence-electron chi connectivity index (χ2n) is 5.48. The van der Waals surface area contributed by atoms with Crippen LogP contribution in [-0.2, 0) is 11.3 Å². The van der Waals surface area contributed by atoms with Gasteiger partial charge in [-0.15, -0.1) is 12.4 Å². The number of anilines is 1. The molecule has 3 rings (SSSR count). The van der Waals surface area contributed by atoms with Gasteiger partial charge in [0, 0.05) is 47.4 Å². The molecule has 0 bridgehead atoms. The van der Waals surface area contributed by atoms with Gasteiger partial charge in [0.1, 0.15) is 0 Å². The highest BCUT2D eigenvalue weighted by atomic mass is 79.9. The molecule has 1 amide bonds. The van der Waals surface area contributed by atoms with Crippen molar-refractivity contribution < 1.29 is 4.79 Å². The summed E-state index contributed by atoms with van der Waals surface area (Å²) >= 11 is 5.33. The van der Waals surface area contributed by atoms with Crippen molar-refractivity contribution >= 4 is 52.0 Å². The Labute approximate surface area is 160 Å². The van der Waals surface area contributed by atoms with Crippen molar-refractivity contribution in [3.63, 3.8) is 0 Å². The maximum Gasteiger partial charge on any atom is 0.228 e. The van der Waals surface area contributed by atoms with Crippen LogP contribution in [0.5, 0.6) is 0 Å². The Bertz CT molecular complexity index is 658. The van der Waals surface area contributed by atoms with Crippen LogP contribution in [0.3, 0.4) is 0 Å². The predicted molar refractivity (Wildman–Crippen MR) is 105 cm³/mol. The lowest BCUT2D eigenvalue weighted by atomic mass is 10.2. The zero-order valence-corrected chi connectivity index (χ0v) is 16.3. The van der Waals surface area contributed by atoms with Crippen LogP contribution in [0.4, 0.5) is 5.95 Å². The van der Waals surface area contributed by atoms with Gasteiger partial charge in [-0.2, -0.15) is 11.8 Å². The van der Waals surface area contributed by atoms with Gasteiger partial charge in [-0.25, -0.2) is 4.98 Å². The number of halogens is 2. The first-order chi connectivity index (χ1) is 11.2. The molecular weight excluding hydrogens is 412 g/mol. The summed E-state index contributed by atoms with van der Waals surface area (Å²) in [4.78, 5) is 16.5. The van der Waals surface area contributed by atoms with Crippen molar-refractivity contribution in [2.75, 3.05) is 23.4 Å². The maximum atomic E-state index is 12.2. The lowest BCUT2D eigenvalue weighted by Crippen LogP contribution is -2.40. The van der Waals surface area contributed by atoms with Gasteiger partial charge >= 0.3 is 0 Å². The average Bonchev–Trinajstić information content (AvgIpc) is 2.97. The molecular formula is C16H20BrClN4OS. The number of hydrogen-bond acceptors (Lipinski definition) is 4. The molecule has 0 spiro atoms. The topological polar surface area (TPSA) is 59.0 Å². The van der Waals surface area contributed by atoms with E-state index in [-0.39, 0.29) is 24.4 Å². The summed E-state index contributed by atoms with van der Waals surface area (Å²) in [5.74, 6) is 2.71. The van der Waals surface area contributed by atoms with Crippen molar-refractivity contribution in [3.8, 4) is 0 Å². The highest BCUT2D eigenvalue weighted by Crippen LogP contribution is 2.15. The number of imidazole rings is 1. The molecule has 0 saturated carbocycles. The minimum Gasteiger partial charge on any atom is -0.313 e. The maximum absolute atomic E-state index is 12.2. The molecule has 1 aliphatic heterocycles. The number of aromatic nitrogens is 2. The molecule has 1 unspecified atom stereocenters. The van der Waals surface area contributed by atoms with E-state index in [0.29, 0.717) is 18.9 Å². The fourth-order valence-electron chi connectivity index (χ4n) is 2.50. The van der Waals surface area contributed by atoms with E-state index in [4.69, 9.17) is 0 Å². The van der Waals surface area contributed by atoms with E-state index in [0.717, 1.165) is 28.1 Å². The Kier molecular flexibility index (Phi) is 7.61. The van der Waals surface area contributed by atoms with Crippen LogP contribution in [0.2, 0.25) is 0 Å². The van der Waals surface area contributed by atoms with E-state index in [1.54, 1.807) is 6.20 Å². The van der Waals surface area contributed by atoms with E-state index >= 15 is 0 Å². The molecule has 1 fully saturated rings. The third-order valence-electron chi connectivity index (χ3n) is 3.66. The molecule has 1 atom stereocenters. The van der Waals surface area contributed by atoms with Gasteiger partial charge in [-0.05, 0) is 17.7 Å². The summed E-state index contributed by atoms with van der Waals surface area (Å²) in [6.07, 6.45) is 4.08. The summed E-state index contributed by atoms with van der Waals surface area (Å²) in [6.45, 7) is 1.65. The summed E-state index contributed by atoms with van der Waals surface area (Å²) in [5.41, 5.74) is 1.16. The molecule has 2 aromatic rings. The number of carbonyl (C=O) groups excluding carboxylic acids is 1. The van der Waals surface area contributed by atoms with Crippen molar-refractivity contribution in [2.45, 2.75) is 19.0 Å². The number of carbonyl (C=O) groups is 1. The van der Waals surface area contributed by atoms with E-state index in [2.05, 4.69) is 43.7 Å². The largest absolute Gasteiger partial charge is 0.313 e. The first-order valence-electron chi connectivity index (χ1n) is 7.57. The summed E-state index contributed by atoms with van der Waals surface area (Å²) in [7, 11) is 0. The van der Waals surface area contributed by atoms with Crippen molar-refractivity contribution in [3.05, 3.63) is 46.7 Å². The predicted octanol–water partition coefficient (Wildman–Crippen LogP) is 3.15. The van der Waals surface area contributed by atoms with Crippen LogP contribution in [0.25, 0.3) is 0 Å². The number of nitrogens with one attached hydrogen (secondary N) is 2. The molecule has 8 heteroatoms. The Morgan fingerprint density at radius 1 is 1.42 bits per heavy atom. The summed E-state index contributed by atoms with van der Waals surface area (Å²) < 4.78 is 3.00.